The number of rotatable bonds is 2. The summed E-state index contributed by atoms with van der Waals surface area (Å²) >= 11 is 0. The van der Waals surface area contributed by atoms with Gasteiger partial charge in [-0.1, -0.05) is 36.4 Å². The van der Waals surface area contributed by atoms with Crippen molar-refractivity contribution in [3.05, 3.63) is 70.9 Å². The number of nitrogens with one attached hydrogen (secondary N) is 1. The molecular weight excluding hydrogens is 254 g/mol. The number of anilines is 1. The fourth-order valence-electron chi connectivity index (χ4n) is 2.37. The van der Waals surface area contributed by atoms with Gasteiger partial charge in [0.15, 0.2) is 11.6 Å². The van der Waals surface area contributed by atoms with Crippen LogP contribution in [0.25, 0.3) is 0 Å². The van der Waals surface area contributed by atoms with Crippen molar-refractivity contribution in [2.24, 2.45) is 0 Å². The zero-order valence-corrected chi connectivity index (χ0v) is 10.3. The summed E-state index contributed by atoms with van der Waals surface area (Å²) in [5, 5.41) is 2.68. The third kappa shape index (κ3) is 1.67. The smallest absolute Gasteiger partial charge is 0.196 e. The second kappa shape index (κ2) is 4.61. The molecule has 0 radical (unpaired) electrons. The van der Waals surface area contributed by atoms with E-state index in [1.807, 2.05) is 0 Å². The minimum absolute atomic E-state index is 0.186. The van der Waals surface area contributed by atoms with Crippen LogP contribution in [0.3, 0.4) is 0 Å². The number of carbonyl (C=O) groups is 2. The molecule has 0 saturated carbocycles. The van der Waals surface area contributed by atoms with Crippen molar-refractivity contribution in [2.45, 2.75) is 0 Å². The fraction of sp³-hybridized carbons (Fsp3) is 0. The number of hydrogen-bond donors (Lipinski definition) is 1. The molecule has 20 heavy (non-hydrogen) atoms. The van der Waals surface area contributed by atoms with E-state index in [0.29, 0.717) is 27.9 Å². The largest absolute Gasteiger partial charge is 0.352 e. The quantitative estimate of drug-likeness (QED) is 0.720. The summed E-state index contributed by atoms with van der Waals surface area (Å²) in [4.78, 5) is 35.2. The van der Waals surface area contributed by atoms with Gasteiger partial charge < -0.3 is 5.32 Å². The van der Waals surface area contributed by atoms with Crippen LogP contribution in [-0.4, -0.2) is 17.5 Å². The fourth-order valence-corrected chi connectivity index (χ4v) is 2.37. The van der Waals surface area contributed by atoms with Gasteiger partial charge in [-0.3, -0.25) is 9.59 Å². The Morgan fingerprint density at radius 1 is 0.850 bits per heavy atom. The van der Waals surface area contributed by atoms with Crippen LogP contribution in [0, 0.1) is 0 Å². The van der Waals surface area contributed by atoms with Gasteiger partial charge in [-0.15, -0.1) is 0 Å². The van der Waals surface area contributed by atoms with E-state index in [4.69, 9.17) is 0 Å². The molecule has 4 heteroatoms. The first kappa shape index (κ1) is 12.1. The number of ketones is 2. The van der Waals surface area contributed by atoms with Gasteiger partial charge >= 0.3 is 0 Å². The molecule has 2 aromatic carbocycles. The molecule has 0 spiro atoms. The topological polar surface area (TPSA) is 63.2 Å². The minimum atomic E-state index is -0.224. The highest BCUT2D eigenvalue weighted by molar-refractivity contribution is 6.30. The third-order valence-electron chi connectivity index (χ3n) is 3.24. The summed E-state index contributed by atoms with van der Waals surface area (Å²) in [6.45, 7) is 0. The Labute approximate surface area is 114 Å². The lowest BCUT2D eigenvalue weighted by atomic mass is 9.83. The maximum Gasteiger partial charge on any atom is 0.196 e. The Morgan fingerprint density at radius 3 is 2.20 bits per heavy atom. The maximum atomic E-state index is 12.5. The molecule has 0 heterocycles. The van der Waals surface area contributed by atoms with Gasteiger partial charge in [-0.2, -0.15) is 0 Å². The van der Waals surface area contributed by atoms with Gasteiger partial charge in [0.2, 0.25) is 0 Å². The predicted molar refractivity (Wildman–Crippen MR) is 73.6 cm³/mol. The van der Waals surface area contributed by atoms with Crippen LogP contribution in [0.2, 0.25) is 0 Å². The van der Waals surface area contributed by atoms with E-state index >= 15 is 0 Å². The minimum Gasteiger partial charge on any atom is -0.352 e. The zero-order valence-electron chi connectivity index (χ0n) is 10.3. The first-order valence-electron chi connectivity index (χ1n) is 6.01. The van der Waals surface area contributed by atoms with Crippen molar-refractivity contribution in [2.75, 3.05) is 5.32 Å². The Hall–Kier alpha value is -2.97. The van der Waals surface area contributed by atoms with E-state index in [-0.39, 0.29) is 11.6 Å². The molecule has 4 nitrogen and oxygen atoms in total. The molecule has 0 aliphatic heterocycles. The molecule has 1 aliphatic carbocycles. The summed E-state index contributed by atoms with van der Waals surface area (Å²) < 4.78 is 0. The summed E-state index contributed by atoms with van der Waals surface area (Å²) in [5.74, 6) is 1.18. The van der Waals surface area contributed by atoms with Crippen molar-refractivity contribution < 1.29 is 14.4 Å². The molecular formula is C16H9NO3. The third-order valence-corrected chi connectivity index (χ3v) is 3.24. The Kier molecular flexibility index (Phi) is 2.78. The SMILES string of the molecule is O=C=CNc1cccc2c1C(=O)c1ccccc1C2=O. The molecule has 0 fully saturated rings. The van der Waals surface area contributed by atoms with Crippen molar-refractivity contribution >= 4 is 23.2 Å². The van der Waals surface area contributed by atoms with Gasteiger partial charge in [-0.05, 0) is 6.07 Å². The first-order valence-corrected chi connectivity index (χ1v) is 6.01. The number of carbonyl (C=O) groups excluding carboxylic acids is 3. The highest BCUT2D eigenvalue weighted by Gasteiger charge is 2.30. The van der Waals surface area contributed by atoms with Gasteiger partial charge in [0, 0.05) is 16.7 Å². The van der Waals surface area contributed by atoms with E-state index in [1.165, 1.54) is 0 Å². The van der Waals surface area contributed by atoms with E-state index in [1.54, 1.807) is 48.4 Å². The van der Waals surface area contributed by atoms with Crippen LogP contribution < -0.4 is 5.32 Å². The molecule has 0 aromatic heterocycles. The Balaban J connectivity index is 2.25. The maximum absolute atomic E-state index is 12.5. The number of fused-ring (bicyclic) bond motifs is 2. The van der Waals surface area contributed by atoms with Gasteiger partial charge in [0.1, 0.15) is 5.94 Å². The van der Waals surface area contributed by atoms with E-state index in [2.05, 4.69) is 5.32 Å². The second-order valence-electron chi connectivity index (χ2n) is 4.34. The van der Waals surface area contributed by atoms with Crippen LogP contribution >= 0.6 is 0 Å². The van der Waals surface area contributed by atoms with Gasteiger partial charge in [0.25, 0.3) is 0 Å². The highest BCUT2D eigenvalue weighted by Crippen LogP contribution is 2.31. The number of hydrogen-bond acceptors (Lipinski definition) is 4. The van der Waals surface area contributed by atoms with Crippen LogP contribution in [0.5, 0.6) is 0 Å². The van der Waals surface area contributed by atoms with Crippen molar-refractivity contribution in [1.82, 2.24) is 0 Å². The van der Waals surface area contributed by atoms with Crippen molar-refractivity contribution in [3.8, 4) is 0 Å². The van der Waals surface area contributed by atoms with Gasteiger partial charge in [-0.25, -0.2) is 4.79 Å². The van der Waals surface area contributed by atoms with Crippen molar-refractivity contribution in [3.63, 3.8) is 0 Å². The predicted octanol–water partition coefficient (Wildman–Crippen LogP) is 2.22. The summed E-state index contributed by atoms with van der Waals surface area (Å²) in [6.07, 6.45) is 1.06. The lowest BCUT2D eigenvalue weighted by Crippen LogP contribution is -2.21. The monoisotopic (exact) mass is 263 g/mol. The molecule has 3 rings (SSSR count). The number of benzene rings is 2. The summed E-state index contributed by atoms with van der Waals surface area (Å²) in [7, 11) is 0. The lowest BCUT2D eigenvalue weighted by Gasteiger charge is -2.19. The van der Waals surface area contributed by atoms with Crippen LogP contribution in [-0.2, 0) is 4.79 Å². The van der Waals surface area contributed by atoms with Crippen LogP contribution in [0.15, 0.2) is 48.7 Å². The average molecular weight is 263 g/mol. The molecule has 0 saturated heterocycles. The molecule has 1 aliphatic rings. The van der Waals surface area contributed by atoms with Gasteiger partial charge in [0.05, 0.1) is 17.5 Å². The van der Waals surface area contributed by atoms with Crippen molar-refractivity contribution in [1.29, 1.82) is 0 Å². The van der Waals surface area contributed by atoms with Crippen LogP contribution in [0.4, 0.5) is 5.69 Å². The molecule has 0 amide bonds. The molecule has 0 atom stereocenters. The molecule has 2 aromatic rings. The Bertz CT molecular complexity index is 786. The summed E-state index contributed by atoms with van der Waals surface area (Å²) in [6, 6.07) is 11.6. The average Bonchev–Trinajstić information content (AvgIpc) is 2.50. The second-order valence-corrected chi connectivity index (χ2v) is 4.34. The summed E-state index contributed by atoms with van der Waals surface area (Å²) in [5.41, 5.74) is 1.86. The molecule has 0 bridgehead atoms. The lowest BCUT2D eigenvalue weighted by molar-refractivity contribution is 0.0979. The van der Waals surface area contributed by atoms with Crippen LogP contribution in [0.1, 0.15) is 31.8 Å². The zero-order chi connectivity index (χ0) is 14.1. The molecule has 96 valence electrons. The standard InChI is InChI=1S/C16H9NO3/c18-9-8-17-13-7-3-6-12-14(13)16(20)11-5-2-1-4-10(11)15(12)19/h1-8,17H. The first-order chi connectivity index (χ1) is 9.74. The molecule has 0 unspecified atom stereocenters. The van der Waals surface area contributed by atoms with E-state index in [9.17, 15) is 14.4 Å². The normalized spacial score (nSPS) is 12.2. The highest BCUT2D eigenvalue weighted by atomic mass is 16.1. The van der Waals surface area contributed by atoms with E-state index < -0.39 is 0 Å². The Morgan fingerprint density at radius 2 is 1.50 bits per heavy atom. The molecule has 1 N–H and O–H groups in total. The van der Waals surface area contributed by atoms with E-state index in [0.717, 1.165) is 6.20 Å².